The molecule has 1 atom stereocenters. The highest BCUT2D eigenvalue weighted by molar-refractivity contribution is 5.52. The van der Waals surface area contributed by atoms with Gasteiger partial charge in [0.15, 0.2) is 23.0 Å². The van der Waals surface area contributed by atoms with E-state index in [2.05, 4.69) is 17.0 Å². The summed E-state index contributed by atoms with van der Waals surface area (Å²) >= 11 is 0. The number of methoxy groups -OCH3 is 3. The minimum Gasteiger partial charge on any atom is -0.504 e. The minimum atomic E-state index is 0.207. The van der Waals surface area contributed by atoms with Gasteiger partial charge in [-0.25, -0.2) is 0 Å². The van der Waals surface area contributed by atoms with Crippen molar-refractivity contribution >= 4 is 0 Å². The van der Waals surface area contributed by atoms with Crippen molar-refractivity contribution in [2.75, 3.05) is 27.9 Å². The SMILES string of the molecule is COc1cc2c(cc1O)C[C@@H]1c3cc(OC)c(OC)cc3CCN1[13CH2]2. The number of hydrogen-bond donors (Lipinski definition) is 1. The van der Waals surface area contributed by atoms with Crippen LogP contribution in [0.4, 0.5) is 0 Å². The predicted molar refractivity (Wildman–Crippen MR) is 94.8 cm³/mol. The second-order valence-electron chi connectivity index (χ2n) is 6.64. The van der Waals surface area contributed by atoms with Gasteiger partial charge >= 0.3 is 0 Å². The molecule has 25 heavy (non-hydrogen) atoms. The zero-order chi connectivity index (χ0) is 17.6. The largest absolute Gasteiger partial charge is 0.504 e. The molecule has 1 N–H and O–H groups in total. The first-order valence-electron chi connectivity index (χ1n) is 8.52. The van der Waals surface area contributed by atoms with Gasteiger partial charge in [0.25, 0.3) is 0 Å². The van der Waals surface area contributed by atoms with E-state index in [1.807, 2.05) is 12.1 Å². The van der Waals surface area contributed by atoms with Gasteiger partial charge in [0.1, 0.15) is 0 Å². The fourth-order valence-corrected chi connectivity index (χ4v) is 4.09. The second-order valence-corrected chi connectivity index (χ2v) is 6.64. The Morgan fingerprint density at radius 1 is 0.880 bits per heavy atom. The molecule has 0 fully saturated rings. The molecular weight excluding hydrogens is 319 g/mol. The van der Waals surface area contributed by atoms with Crippen molar-refractivity contribution in [2.45, 2.75) is 25.4 Å². The zero-order valence-corrected chi connectivity index (χ0v) is 14.8. The van der Waals surface area contributed by atoms with Crippen LogP contribution in [0.2, 0.25) is 0 Å². The van der Waals surface area contributed by atoms with Gasteiger partial charge in [-0.05, 0) is 59.4 Å². The Morgan fingerprint density at radius 2 is 1.56 bits per heavy atom. The van der Waals surface area contributed by atoms with Crippen LogP contribution in [0.25, 0.3) is 0 Å². The molecule has 0 unspecified atom stereocenters. The van der Waals surface area contributed by atoms with Crippen molar-refractivity contribution in [3.63, 3.8) is 0 Å². The summed E-state index contributed by atoms with van der Waals surface area (Å²) in [6.45, 7) is 1.88. The Kier molecular flexibility index (Phi) is 3.96. The van der Waals surface area contributed by atoms with Crippen LogP contribution in [0.1, 0.15) is 28.3 Å². The molecule has 5 nitrogen and oxygen atoms in total. The summed E-state index contributed by atoms with van der Waals surface area (Å²) < 4.78 is 16.2. The van der Waals surface area contributed by atoms with Crippen molar-refractivity contribution in [1.82, 2.24) is 4.90 Å². The van der Waals surface area contributed by atoms with E-state index in [4.69, 9.17) is 14.2 Å². The van der Waals surface area contributed by atoms with Crippen molar-refractivity contribution in [3.05, 3.63) is 46.5 Å². The molecule has 132 valence electrons. The average Bonchev–Trinajstić information content (AvgIpc) is 2.64. The number of phenolic OH excluding ortho intramolecular Hbond substituents is 1. The maximum atomic E-state index is 10.1. The standard InChI is InChI=1S/C20H23NO4/c1-23-18-9-14-11-21-5-4-12-8-19(24-2)20(25-3)10-15(12)16(21)6-13(14)7-17(18)22/h7-10,16,22H,4-6,11H2,1-3H3/t16-/m1/s1/i11+1. The molecule has 0 saturated carbocycles. The molecule has 0 aromatic heterocycles. The van der Waals surface area contributed by atoms with Crippen molar-refractivity contribution < 1.29 is 19.3 Å². The number of benzene rings is 2. The molecular formula is C20H23NO4. The summed E-state index contributed by atoms with van der Waals surface area (Å²) in [7, 11) is 4.93. The highest BCUT2D eigenvalue weighted by Gasteiger charge is 2.33. The van der Waals surface area contributed by atoms with Gasteiger partial charge < -0.3 is 19.3 Å². The Balaban J connectivity index is 1.75. The number of phenols is 1. The first kappa shape index (κ1) is 16.1. The molecule has 0 saturated heterocycles. The highest BCUT2D eigenvalue weighted by Crippen LogP contribution is 2.44. The molecule has 0 spiro atoms. The van der Waals surface area contributed by atoms with E-state index in [1.165, 1.54) is 22.3 Å². The third kappa shape index (κ3) is 2.59. The lowest BCUT2D eigenvalue weighted by atomic mass is 9.86. The highest BCUT2D eigenvalue weighted by atomic mass is 16.5. The van der Waals surface area contributed by atoms with E-state index in [9.17, 15) is 5.11 Å². The Labute approximate surface area is 147 Å². The van der Waals surface area contributed by atoms with Crippen LogP contribution in [0.3, 0.4) is 0 Å². The number of hydrogen-bond acceptors (Lipinski definition) is 5. The Bertz CT molecular complexity index is 818. The number of aromatic hydroxyl groups is 1. The summed E-state index contributed by atoms with van der Waals surface area (Å²) in [4.78, 5) is 2.49. The van der Waals surface area contributed by atoms with E-state index in [0.29, 0.717) is 11.8 Å². The monoisotopic (exact) mass is 342 g/mol. The third-order valence-corrected chi connectivity index (χ3v) is 5.40. The van der Waals surface area contributed by atoms with E-state index in [0.717, 1.165) is 37.4 Å². The predicted octanol–water partition coefficient (Wildman–Crippen LogP) is 3.07. The lowest BCUT2D eigenvalue weighted by molar-refractivity contribution is 0.160. The van der Waals surface area contributed by atoms with Gasteiger partial charge in [0, 0.05) is 19.1 Å². The van der Waals surface area contributed by atoms with Gasteiger partial charge in [0.2, 0.25) is 0 Å². The van der Waals surface area contributed by atoms with Crippen molar-refractivity contribution in [1.29, 1.82) is 0 Å². The first-order chi connectivity index (χ1) is 12.1. The van der Waals surface area contributed by atoms with Gasteiger partial charge in [0.05, 0.1) is 21.3 Å². The van der Waals surface area contributed by atoms with Crippen LogP contribution >= 0.6 is 0 Å². The number of rotatable bonds is 3. The van der Waals surface area contributed by atoms with Crippen LogP contribution in [0.15, 0.2) is 24.3 Å². The number of ether oxygens (including phenoxy) is 3. The van der Waals surface area contributed by atoms with E-state index in [1.54, 1.807) is 21.3 Å². The lowest BCUT2D eigenvalue weighted by Gasteiger charge is -2.41. The summed E-state index contributed by atoms with van der Waals surface area (Å²) in [5, 5.41) is 10.1. The van der Waals surface area contributed by atoms with Crippen molar-refractivity contribution in [2.24, 2.45) is 0 Å². The van der Waals surface area contributed by atoms with Crippen LogP contribution in [0.5, 0.6) is 23.0 Å². The third-order valence-electron chi connectivity index (χ3n) is 5.40. The molecule has 2 aromatic rings. The van der Waals surface area contributed by atoms with Gasteiger partial charge in [-0.15, -0.1) is 0 Å². The maximum absolute atomic E-state index is 10.1. The van der Waals surface area contributed by atoms with E-state index >= 15 is 0 Å². The molecule has 2 aliphatic rings. The van der Waals surface area contributed by atoms with Gasteiger partial charge in [-0.3, -0.25) is 4.90 Å². The lowest BCUT2D eigenvalue weighted by Crippen LogP contribution is -2.39. The topological polar surface area (TPSA) is 51.2 Å². The van der Waals surface area contributed by atoms with Crippen LogP contribution in [-0.2, 0) is 19.4 Å². The smallest absolute Gasteiger partial charge is 0.161 e. The maximum Gasteiger partial charge on any atom is 0.161 e. The quantitative estimate of drug-likeness (QED) is 0.869. The minimum absolute atomic E-state index is 0.207. The summed E-state index contributed by atoms with van der Waals surface area (Å²) in [5.74, 6) is 2.30. The molecule has 0 amide bonds. The van der Waals surface area contributed by atoms with Gasteiger partial charge in [-0.2, -0.15) is 0 Å². The van der Waals surface area contributed by atoms with Crippen LogP contribution in [0, 0.1) is 0 Å². The fraction of sp³-hybridized carbons (Fsp3) is 0.400. The molecule has 2 aromatic carbocycles. The Morgan fingerprint density at radius 3 is 2.28 bits per heavy atom. The second kappa shape index (κ2) is 6.15. The molecule has 5 heteroatoms. The number of nitrogens with zero attached hydrogens (tertiary/aromatic N) is 1. The van der Waals surface area contributed by atoms with Crippen LogP contribution < -0.4 is 14.2 Å². The molecule has 0 aliphatic carbocycles. The normalized spacial score (nSPS) is 18.8. The zero-order valence-electron chi connectivity index (χ0n) is 14.8. The molecule has 4 rings (SSSR count). The summed E-state index contributed by atoms with van der Waals surface area (Å²) in [5.41, 5.74) is 5.03. The molecule has 0 radical (unpaired) electrons. The van der Waals surface area contributed by atoms with Gasteiger partial charge in [-0.1, -0.05) is 0 Å². The Hall–Kier alpha value is -2.40. The summed E-state index contributed by atoms with van der Waals surface area (Å²) in [6.07, 6.45) is 1.87. The average molecular weight is 342 g/mol. The van der Waals surface area contributed by atoms with E-state index in [-0.39, 0.29) is 5.75 Å². The van der Waals surface area contributed by atoms with Crippen molar-refractivity contribution in [3.8, 4) is 23.0 Å². The van der Waals surface area contributed by atoms with Crippen LogP contribution in [-0.4, -0.2) is 37.9 Å². The van der Waals surface area contributed by atoms with E-state index < -0.39 is 0 Å². The fourth-order valence-electron chi connectivity index (χ4n) is 4.09. The molecule has 2 heterocycles. The molecule has 0 bridgehead atoms. The summed E-state index contributed by atoms with van der Waals surface area (Å²) in [6, 6.07) is 8.32. The first-order valence-corrected chi connectivity index (χ1v) is 8.52. The molecule has 2 aliphatic heterocycles. The number of fused-ring (bicyclic) bond motifs is 4.